The minimum atomic E-state index is -3.58. The van der Waals surface area contributed by atoms with E-state index >= 15 is 0 Å². The van der Waals surface area contributed by atoms with E-state index < -0.39 is 15.9 Å². The molecule has 7 nitrogen and oxygen atoms in total. The maximum absolute atomic E-state index is 12.8. The minimum absolute atomic E-state index is 0.115. The van der Waals surface area contributed by atoms with Gasteiger partial charge in [-0.2, -0.15) is 4.31 Å². The standard InChI is InChI=1S/C19H18ClN3O4S/c20-14-2-1-3-16(12-14)28(25,26)23-8-6-22(7-9-23)15-4-5-17-13(10-15)11-18(27-17)19(21)24/h1-5,10-12H,6-9H2,(H2,21,24). The Bertz CT molecular complexity index is 1150. The van der Waals surface area contributed by atoms with Crippen LogP contribution in [0.1, 0.15) is 10.6 Å². The van der Waals surface area contributed by atoms with E-state index in [4.69, 9.17) is 21.8 Å². The lowest BCUT2D eigenvalue weighted by Gasteiger charge is -2.35. The van der Waals surface area contributed by atoms with Gasteiger partial charge in [-0.05, 0) is 42.5 Å². The summed E-state index contributed by atoms with van der Waals surface area (Å²) in [5, 5.41) is 1.17. The van der Waals surface area contributed by atoms with Gasteiger partial charge in [0, 0.05) is 42.3 Å². The molecule has 0 saturated carbocycles. The van der Waals surface area contributed by atoms with Crippen LogP contribution in [0.3, 0.4) is 0 Å². The third-order valence-corrected chi connectivity index (χ3v) is 6.91. The van der Waals surface area contributed by atoms with E-state index in [1.807, 2.05) is 12.1 Å². The number of nitrogens with zero attached hydrogens (tertiary/aromatic N) is 2. The zero-order valence-corrected chi connectivity index (χ0v) is 16.4. The molecule has 28 heavy (non-hydrogen) atoms. The molecule has 1 saturated heterocycles. The number of anilines is 1. The molecule has 0 unspecified atom stereocenters. The first-order valence-electron chi connectivity index (χ1n) is 8.69. The highest BCUT2D eigenvalue weighted by molar-refractivity contribution is 7.89. The molecule has 2 aromatic carbocycles. The monoisotopic (exact) mass is 419 g/mol. The van der Waals surface area contributed by atoms with Crippen molar-refractivity contribution in [1.29, 1.82) is 0 Å². The number of benzene rings is 2. The van der Waals surface area contributed by atoms with Crippen LogP contribution in [0.15, 0.2) is 57.8 Å². The highest BCUT2D eigenvalue weighted by atomic mass is 35.5. The summed E-state index contributed by atoms with van der Waals surface area (Å²) in [5.41, 5.74) is 6.78. The van der Waals surface area contributed by atoms with E-state index in [0.717, 1.165) is 11.1 Å². The van der Waals surface area contributed by atoms with Crippen LogP contribution < -0.4 is 10.6 Å². The molecule has 4 rings (SSSR count). The van der Waals surface area contributed by atoms with Crippen molar-refractivity contribution in [3.8, 4) is 0 Å². The zero-order valence-electron chi connectivity index (χ0n) is 14.8. The molecule has 0 atom stereocenters. The fourth-order valence-corrected chi connectivity index (χ4v) is 5.04. The van der Waals surface area contributed by atoms with Gasteiger partial charge in [-0.25, -0.2) is 8.42 Å². The molecule has 1 aliphatic heterocycles. The molecule has 3 aromatic rings. The second-order valence-electron chi connectivity index (χ2n) is 6.55. The van der Waals surface area contributed by atoms with Gasteiger partial charge in [0.1, 0.15) is 5.58 Å². The number of sulfonamides is 1. The Morgan fingerprint density at radius 2 is 1.79 bits per heavy atom. The van der Waals surface area contributed by atoms with Gasteiger partial charge in [0.15, 0.2) is 5.76 Å². The topological polar surface area (TPSA) is 96.9 Å². The normalized spacial score (nSPS) is 15.8. The quantitative estimate of drug-likeness (QED) is 0.701. The van der Waals surface area contributed by atoms with Crippen LogP contribution in [-0.2, 0) is 10.0 Å². The number of halogens is 1. The Balaban J connectivity index is 1.51. The third-order valence-electron chi connectivity index (χ3n) is 4.78. The smallest absolute Gasteiger partial charge is 0.284 e. The van der Waals surface area contributed by atoms with Crippen molar-refractivity contribution in [3.63, 3.8) is 0 Å². The van der Waals surface area contributed by atoms with E-state index in [2.05, 4.69) is 4.90 Å². The van der Waals surface area contributed by atoms with Crippen LogP contribution in [0.25, 0.3) is 11.0 Å². The van der Waals surface area contributed by atoms with Gasteiger partial charge in [0.05, 0.1) is 4.90 Å². The van der Waals surface area contributed by atoms with Crippen LogP contribution >= 0.6 is 11.6 Å². The lowest BCUT2D eigenvalue weighted by molar-refractivity contribution is 0.0976. The van der Waals surface area contributed by atoms with Crippen molar-refractivity contribution < 1.29 is 17.6 Å². The zero-order chi connectivity index (χ0) is 19.9. The Kier molecular flexibility index (Phi) is 4.78. The molecule has 2 heterocycles. The van der Waals surface area contributed by atoms with Gasteiger partial charge < -0.3 is 15.1 Å². The summed E-state index contributed by atoms with van der Waals surface area (Å²) >= 11 is 5.93. The molecule has 1 aliphatic rings. The van der Waals surface area contributed by atoms with Gasteiger partial charge in [-0.15, -0.1) is 0 Å². The van der Waals surface area contributed by atoms with Crippen molar-refractivity contribution in [1.82, 2.24) is 4.31 Å². The van der Waals surface area contributed by atoms with Crippen LogP contribution in [0.4, 0.5) is 5.69 Å². The Hall–Kier alpha value is -2.55. The molecule has 2 N–H and O–H groups in total. The summed E-state index contributed by atoms with van der Waals surface area (Å²) in [7, 11) is -3.58. The van der Waals surface area contributed by atoms with Crippen LogP contribution in [0, 0.1) is 0 Å². The highest BCUT2D eigenvalue weighted by Gasteiger charge is 2.28. The number of furan rings is 1. The molecule has 9 heteroatoms. The Morgan fingerprint density at radius 3 is 2.46 bits per heavy atom. The molecule has 0 bridgehead atoms. The summed E-state index contributed by atoms with van der Waals surface area (Å²) in [5.74, 6) is -0.498. The first-order chi connectivity index (χ1) is 13.3. The SMILES string of the molecule is NC(=O)c1cc2cc(N3CCN(S(=O)(=O)c4cccc(Cl)c4)CC3)ccc2o1. The molecule has 0 radical (unpaired) electrons. The van der Waals surface area contributed by atoms with Crippen molar-refractivity contribution >= 4 is 44.2 Å². The van der Waals surface area contributed by atoms with Crippen LogP contribution in [0.2, 0.25) is 5.02 Å². The van der Waals surface area contributed by atoms with Crippen molar-refractivity contribution in [2.45, 2.75) is 4.90 Å². The van der Waals surface area contributed by atoms with E-state index in [0.29, 0.717) is 36.8 Å². The number of fused-ring (bicyclic) bond motifs is 1. The van der Waals surface area contributed by atoms with E-state index in [1.165, 1.54) is 10.4 Å². The maximum atomic E-state index is 12.8. The van der Waals surface area contributed by atoms with Gasteiger partial charge in [0.25, 0.3) is 5.91 Å². The third kappa shape index (κ3) is 3.46. The number of carbonyl (C=O) groups excluding carboxylic acids is 1. The molecule has 1 fully saturated rings. The lowest BCUT2D eigenvalue weighted by Crippen LogP contribution is -2.48. The summed E-state index contributed by atoms with van der Waals surface area (Å²) in [6.07, 6.45) is 0. The molecule has 1 amide bonds. The summed E-state index contributed by atoms with van der Waals surface area (Å²) in [4.78, 5) is 13.6. The highest BCUT2D eigenvalue weighted by Crippen LogP contribution is 2.27. The fourth-order valence-electron chi connectivity index (χ4n) is 3.31. The summed E-state index contributed by atoms with van der Waals surface area (Å²) < 4.78 is 32.5. The number of hydrogen-bond donors (Lipinski definition) is 1. The summed E-state index contributed by atoms with van der Waals surface area (Å²) in [6.45, 7) is 1.83. The van der Waals surface area contributed by atoms with Gasteiger partial charge in [0.2, 0.25) is 10.0 Å². The molecular weight excluding hydrogens is 402 g/mol. The number of hydrogen-bond acceptors (Lipinski definition) is 5. The van der Waals surface area contributed by atoms with Crippen LogP contribution in [0.5, 0.6) is 0 Å². The number of nitrogens with two attached hydrogens (primary N) is 1. The van der Waals surface area contributed by atoms with Gasteiger partial charge >= 0.3 is 0 Å². The molecular formula is C19H18ClN3O4S. The average Bonchev–Trinajstić information content (AvgIpc) is 3.12. The van der Waals surface area contributed by atoms with Crippen LogP contribution in [-0.4, -0.2) is 44.8 Å². The van der Waals surface area contributed by atoms with Crippen molar-refractivity contribution in [2.24, 2.45) is 5.73 Å². The predicted octanol–water partition coefficient (Wildman–Crippen LogP) is 2.70. The number of carbonyl (C=O) groups is 1. The maximum Gasteiger partial charge on any atom is 0.284 e. The molecule has 1 aromatic heterocycles. The minimum Gasteiger partial charge on any atom is -0.451 e. The number of rotatable bonds is 4. The average molecular weight is 420 g/mol. The van der Waals surface area contributed by atoms with E-state index in [9.17, 15) is 13.2 Å². The number of piperazine rings is 1. The van der Waals surface area contributed by atoms with Crippen molar-refractivity contribution in [2.75, 3.05) is 31.1 Å². The Morgan fingerprint density at radius 1 is 1.04 bits per heavy atom. The van der Waals surface area contributed by atoms with Gasteiger partial charge in [-0.1, -0.05) is 17.7 Å². The van der Waals surface area contributed by atoms with E-state index in [1.54, 1.807) is 30.3 Å². The number of amides is 1. The molecule has 0 spiro atoms. The van der Waals surface area contributed by atoms with Crippen molar-refractivity contribution in [3.05, 3.63) is 59.3 Å². The first-order valence-corrected chi connectivity index (χ1v) is 10.5. The fraction of sp³-hybridized carbons (Fsp3) is 0.211. The molecule has 146 valence electrons. The van der Waals surface area contributed by atoms with Gasteiger partial charge in [-0.3, -0.25) is 4.79 Å². The largest absolute Gasteiger partial charge is 0.451 e. The number of primary amides is 1. The predicted molar refractivity (Wildman–Crippen MR) is 107 cm³/mol. The molecule has 0 aliphatic carbocycles. The first kappa shape index (κ1) is 18.8. The summed E-state index contributed by atoms with van der Waals surface area (Å²) in [6, 6.07) is 13.5. The Labute approximate surface area is 167 Å². The second kappa shape index (κ2) is 7.12. The second-order valence-corrected chi connectivity index (χ2v) is 8.92. The van der Waals surface area contributed by atoms with E-state index in [-0.39, 0.29) is 10.7 Å². The lowest BCUT2D eigenvalue weighted by atomic mass is 10.2.